The second-order valence-electron chi connectivity index (χ2n) is 10.9. The Kier molecular flexibility index (Phi) is 12.7. The molecule has 0 aromatic heterocycles. The number of rotatable bonds is 14. The Morgan fingerprint density at radius 1 is 0.913 bits per heavy atom. The summed E-state index contributed by atoms with van der Waals surface area (Å²) in [5.41, 5.74) is 2.59. The lowest BCUT2D eigenvalue weighted by atomic mass is 10.0. The van der Waals surface area contributed by atoms with E-state index in [0.29, 0.717) is 32.3 Å². The number of anilines is 1. The van der Waals surface area contributed by atoms with Gasteiger partial charge < -0.3 is 10.2 Å². The summed E-state index contributed by atoms with van der Waals surface area (Å²) in [6.07, 6.45) is 1.86. The number of nitrogens with one attached hydrogen (secondary N) is 1. The fraction of sp³-hybridized carbons (Fsp3) is 0.257. The summed E-state index contributed by atoms with van der Waals surface area (Å²) in [4.78, 5) is 29.9. The molecule has 4 aromatic carbocycles. The van der Waals surface area contributed by atoms with Crippen molar-refractivity contribution < 1.29 is 18.0 Å². The van der Waals surface area contributed by atoms with E-state index < -0.39 is 28.5 Å². The SMILES string of the molecule is CCCCNC(=O)C(Cc1ccccc1)N(Cc1ccc(Cl)cc1Cl)C(=O)CN(c1cccc(Br)c1)S(=O)(=O)c1ccc(C)cc1. The number of carbonyl (C=O) groups excluding carboxylic acids is 2. The molecule has 46 heavy (non-hydrogen) atoms. The molecule has 1 unspecified atom stereocenters. The number of unbranched alkanes of at least 4 members (excludes halogenated alkanes) is 1. The maximum absolute atomic E-state index is 14.6. The van der Waals surface area contributed by atoms with Crippen LogP contribution in [-0.2, 0) is 32.6 Å². The molecule has 0 radical (unpaired) electrons. The number of amides is 2. The Morgan fingerprint density at radius 2 is 1.63 bits per heavy atom. The van der Waals surface area contributed by atoms with Gasteiger partial charge in [0, 0.05) is 34.0 Å². The van der Waals surface area contributed by atoms with Crippen molar-refractivity contribution in [1.82, 2.24) is 10.2 Å². The quantitative estimate of drug-likeness (QED) is 0.134. The van der Waals surface area contributed by atoms with Crippen molar-refractivity contribution in [3.05, 3.63) is 128 Å². The van der Waals surface area contributed by atoms with Crippen molar-refractivity contribution in [1.29, 1.82) is 0 Å². The van der Waals surface area contributed by atoms with Crippen molar-refractivity contribution >= 4 is 66.7 Å². The van der Waals surface area contributed by atoms with Crippen molar-refractivity contribution in [3.63, 3.8) is 0 Å². The molecule has 0 bridgehead atoms. The number of nitrogens with zero attached hydrogens (tertiary/aromatic N) is 2. The predicted octanol–water partition coefficient (Wildman–Crippen LogP) is 7.82. The van der Waals surface area contributed by atoms with Crippen molar-refractivity contribution in [2.24, 2.45) is 0 Å². The Labute approximate surface area is 289 Å². The van der Waals surface area contributed by atoms with E-state index in [2.05, 4.69) is 21.2 Å². The van der Waals surface area contributed by atoms with Crippen molar-refractivity contribution in [2.45, 2.75) is 50.6 Å². The highest BCUT2D eigenvalue weighted by Crippen LogP contribution is 2.29. The van der Waals surface area contributed by atoms with Crippen molar-refractivity contribution in [2.75, 3.05) is 17.4 Å². The van der Waals surface area contributed by atoms with E-state index in [1.165, 1.54) is 17.0 Å². The lowest BCUT2D eigenvalue weighted by Gasteiger charge is -2.34. The van der Waals surface area contributed by atoms with Gasteiger partial charge in [0.25, 0.3) is 10.0 Å². The zero-order valence-electron chi connectivity index (χ0n) is 25.6. The molecular formula is C35H36BrCl2N3O4S. The highest BCUT2D eigenvalue weighted by Gasteiger charge is 2.35. The zero-order chi connectivity index (χ0) is 33.3. The molecular weight excluding hydrogens is 709 g/mol. The number of sulfonamides is 1. The number of hydrogen-bond donors (Lipinski definition) is 1. The van der Waals surface area contributed by atoms with E-state index in [1.807, 2.05) is 44.2 Å². The minimum Gasteiger partial charge on any atom is -0.354 e. The maximum Gasteiger partial charge on any atom is 0.264 e. The maximum atomic E-state index is 14.6. The largest absolute Gasteiger partial charge is 0.354 e. The number of aryl methyl sites for hydroxylation is 1. The van der Waals surface area contributed by atoms with Gasteiger partial charge in [-0.05, 0) is 66.9 Å². The molecule has 7 nitrogen and oxygen atoms in total. The summed E-state index contributed by atoms with van der Waals surface area (Å²) in [5, 5.41) is 3.73. The van der Waals surface area contributed by atoms with Crippen LogP contribution in [0.15, 0.2) is 106 Å². The third kappa shape index (κ3) is 9.35. The van der Waals surface area contributed by atoms with Crippen LogP contribution in [0.3, 0.4) is 0 Å². The van der Waals surface area contributed by atoms with Gasteiger partial charge in [0.05, 0.1) is 10.6 Å². The Hall–Kier alpha value is -3.37. The van der Waals surface area contributed by atoms with Gasteiger partial charge in [0.2, 0.25) is 11.8 Å². The predicted molar refractivity (Wildman–Crippen MR) is 189 cm³/mol. The van der Waals surface area contributed by atoms with E-state index in [0.717, 1.165) is 28.3 Å². The van der Waals surface area contributed by atoms with Crippen LogP contribution < -0.4 is 9.62 Å². The van der Waals surface area contributed by atoms with Crippen LogP contribution in [0.2, 0.25) is 10.0 Å². The molecule has 1 atom stereocenters. The van der Waals surface area contributed by atoms with Gasteiger partial charge in [-0.1, -0.05) is 113 Å². The van der Waals surface area contributed by atoms with E-state index in [-0.39, 0.29) is 23.8 Å². The zero-order valence-corrected chi connectivity index (χ0v) is 29.5. The smallest absolute Gasteiger partial charge is 0.264 e. The molecule has 0 saturated carbocycles. The highest BCUT2D eigenvalue weighted by atomic mass is 79.9. The third-order valence-corrected chi connectivity index (χ3v) is 10.3. The summed E-state index contributed by atoms with van der Waals surface area (Å²) < 4.78 is 30.0. The summed E-state index contributed by atoms with van der Waals surface area (Å²) in [5.74, 6) is -0.917. The second-order valence-corrected chi connectivity index (χ2v) is 14.5. The lowest BCUT2D eigenvalue weighted by Crippen LogP contribution is -2.53. The molecule has 2 amide bonds. The first-order chi connectivity index (χ1) is 22.0. The van der Waals surface area contributed by atoms with E-state index in [9.17, 15) is 18.0 Å². The first-order valence-corrected chi connectivity index (χ1v) is 17.9. The van der Waals surface area contributed by atoms with Gasteiger partial charge in [-0.15, -0.1) is 0 Å². The molecule has 1 N–H and O–H groups in total. The fourth-order valence-corrected chi connectivity index (χ4v) is 7.15. The molecule has 0 fully saturated rings. The molecule has 0 saturated heterocycles. The van der Waals surface area contributed by atoms with Crippen LogP contribution in [0.25, 0.3) is 0 Å². The van der Waals surface area contributed by atoms with Crippen LogP contribution in [0.1, 0.15) is 36.5 Å². The van der Waals surface area contributed by atoms with E-state index in [1.54, 1.807) is 54.6 Å². The Morgan fingerprint density at radius 3 is 2.28 bits per heavy atom. The fourth-order valence-electron chi connectivity index (χ4n) is 4.89. The van der Waals surface area contributed by atoms with Crippen LogP contribution >= 0.6 is 39.1 Å². The lowest BCUT2D eigenvalue weighted by molar-refractivity contribution is -0.140. The molecule has 11 heteroatoms. The number of carbonyl (C=O) groups is 2. The molecule has 0 spiro atoms. The molecule has 0 aliphatic heterocycles. The molecule has 4 rings (SSSR count). The van der Waals surface area contributed by atoms with Crippen molar-refractivity contribution in [3.8, 4) is 0 Å². The number of hydrogen-bond acceptors (Lipinski definition) is 4. The number of halogens is 3. The molecule has 4 aromatic rings. The highest BCUT2D eigenvalue weighted by molar-refractivity contribution is 9.10. The average Bonchev–Trinajstić information content (AvgIpc) is 3.03. The minimum atomic E-state index is -4.20. The first kappa shape index (κ1) is 35.5. The van der Waals surface area contributed by atoms with Gasteiger partial charge in [-0.2, -0.15) is 0 Å². The monoisotopic (exact) mass is 743 g/mol. The van der Waals surface area contributed by atoms with Crippen LogP contribution in [0.4, 0.5) is 5.69 Å². The van der Waals surface area contributed by atoms with Crippen LogP contribution in [-0.4, -0.2) is 44.3 Å². The van der Waals surface area contributed by atoms with Gasteiger partial charge in [-0.3, -0.25) is 13.9 Å². The van der Waals surface area contributed by atoms with Gasteiger partial charge in [-0.25, -0.2) is 8.42 Å². The second kappa shape index (κ2) is 16.5. The topological polar surface area (TPSA) is 86.8 Å². The molecule has 0 heterocycles. The first-order valence-electron chi connectivity index (χ1n) is 14.9. The van der Waals surface area contributed by atoms with Crippen LogP contribution in [0.5, 0.6) is 0 Å². The summed E-state index contributed by atoms with van der Waals surface area (Å²) in [6, 6.07) is 26.5. The van der Waals surface area contributed by atoms with Gasteiger partial charge in [0.15, 0.2) is 0 Å². The minimum absolute atomic E-state index is 0.0383. The summed E-state index contributed by atoms with van der Waals surface area (Å²) in [7, 11) is -4.20. The molecule has 242 valence electrons. The molecule has 0 aliphatic rings. The van der Waals surface area contributed by atoms with E-state index in [4.69, 9.17) is 23.2 Å². The third-order valence-electron chi connectivity index (χ3n) is 7.44. The number of benzene rings is 4. The molecule has 0 aliphatic carbocycles. The summed E-state index contributed by atoms with van der Waals surface area (Å²) >= 11 is 16.2. The van der Waals surface area contributed by atoms with Gasteiger partial charge >= 0.3 is 0 Å². The Balaban J connectivity index is 1.81. The van der Waals surface area contributed by atoms with Crippen LogP contribution in [0, 0.1) is 6.92 Å². The average molecular weight is 746 g/mol. The van der Waals surface area contributed by atoms with Gasteiger partial charge in [0.1, 0.15) is 12.6 Å². The van der Waals surface area contributed by atoms with E-state index >= 15 is 0 Å². The standard InChI is InChI=1S/C35H36BrCl2N3O4S/c1-3-4-19-39-35(43)33(20-26-9-6-5-7-10-26)40(23-27-15-16-29(37)22-32(27)38)34(42)24-41(30-12-8-11-28(36)21-30)46(44,45)31-17-13-25(2)14-18-31/h5-18,21-22,33H,3-4,19-20,23-24H2,1-2H3,(H,39,43). The Bertz CT molecular complexity index is 1760. The summed E-state index contributed by atoms with van der Waals surface area (Å²) in [6.45, 7) is 3.72. The normalized spacial score (nSPS) is 11.9.